The summed E-state index contributed by atoms with van der Waals surface area (Å²) in [4.78, 5) is 28.3. The molecular formula is C20H22N4O3S. The van der Waals surface area contributed by atoms with Crippen molar-refractivity contribution in [3.8, 4) is 0 Å². The summed E-state index contributed by atoms with van der Waals surface area (Å²) in [6, 6.07) is -0.0265. The van der Waals surface area contributed by atoms with Gasteiger partial charge >= 0.3 is 0 Å². The Morgan fingerprint density at radius 1 is 1.25 bits per heavy atom. The monoisotopic (exact) mass is 398 g/mol. The van der Waals surface area contributed by atoms with E-state index in [2.05, 4.69) is 20.3 Å². The van der Waals surface area contributed by atoms with Crippen molar-refractivity contribution in [2.45, 2.75) is 75.0 Å². The highest BCUT2D eigenvalue weighted by atomic mass is 32.1. The van der Waals surface area contributed by atoms with Crippen LogP contribution in [0.1, 0.15) is 66.9 Å². The summed E-state index contributed by atoms with van der Waals surface area (Å²) in [5.74, 6) is 0.779. The molecule has 0 radical (unpaired) electrons. The van der Waals surface area contributed by atoms with Gasteiger partial charge in [-0.3, -0.25) is 14.8 Å². The Labute approximate surface area is 167 Å². The lowest BCUT2D eigenvalue weighted by Gasteiger charge is -2.42. The van der Waals surface area contributed by atoms with Gasteiger partial charge in [-0.1, -0.05) is 0 Å². The van der Waals surface area contributed by atoms with Gasteiger partial charge < -0.3 is 14.4 Å². The molecule has 0 bridgehead atoms. The van der Waals surface area contributed by atoms with E-state index in [-0.39, 0.29) is 24.3 Å². The Morgan fingerprint density at radius 2 is 2.14 bits per heavy atom. The maximum absolute atomic E-state index is 13.2. The summed E-state index contributed by atoms with van der Waals surface area (Å²) in [6.45, 7) is 0.521. The van der Waals surface area contributed by atoms with Crippen molar-refractivity contribution >= 4 is 17.2 Å². The Hall–Kier alpha value is -1.90. The predicted octanol–water partition coefficient (Wildman–Crippen LogP) is 2.95. The normalized spacial score (nSPS) is 34.1. The number of nitrogens with zero attached hydrogens (tertiary/aromatic N) is 4. The molecule has 146 valence electrons. The van der Waals surface area contributed by atoms with E-state index in [1.807, 2.05) is 4.90 Å². The zero-order chi connectivity index (χ0) is 18.7. The van der Waals surface area contributed by atoms with Crippen molar-refractivity contribution in [3.05, 3.63) is 40.4 Å². The topological polar surface area (TPSA) is 77.4 Å². The number of hydrogen-bond acceptors (Lipinski definition) is 7. The van der Waals surface area contributed by atoms with E-state index < -0.39 is 5.60 Å². The van der Waals surface area contributed by atoms with Gasteiger partial charge in [0, 0.05) is 36.5 Å². The van der Waals surface area contributed by atoms with E-state index in [1.54, 1.807) is 29.9 Å². The summed E-state index contributed by atoms with van der Waals surface area (Å²) < 4.78 is 12.3. The number of amides is 1. The number of fused-ring (bicyclic) bond motifs is 1. The quantitative estimate of drug-likeness (QED) is 0.771. The molecule has 7 nitrogen and oxygen atoms in total. The van der Waals surface area contributed by atoms with Crippen LogP contribution in [0.2, 0.25) is 0 Å². The lowest BCUT2D eigenvalue weighted by Crippen LogP contribution is -2.54. The van der Waals surface area contributed by atoms with Gasteiger partial charge in [0.05, 0.1) is 41.3 Å². The minimum absolute atomic E-state index is 0.0265. The number of ether oxygens (including phenoxy) is 2. The Balaban J connectivity index is 1.08. The molecular weight excluding hydrogens is 376 g/mol. The van der Waals surface area contributed by atoms with E-state index in [4.69, 9.17) is 9.47 Å². The molecule has 2 aromatic heterocycles. The lowest BCUT2D eigenvalue weighted by molar-refractivity contribution is -0.177. The number of rotatable bonds is 5. The SMILES string of the molecule is O=C1N2C(CC[C@H]2c2cnccn2)OC12CC(OCc1csc(C3CC3)n1)C2. The van der Waals surface area contributed by atoms with Crippen LogP contribution in [-0.2, 0) is 20.9 Å². The fourth-order valence-corrected chi connectivity index (χ4v) is 5.64. The second-order valence-corrected chi connectivity index (χ2v) is 9.18. The third-order valence-corrected chi connectivity index (χ3v) is 7.38. The van der Waals surface area contributed by atoms with E-state index in [0.29, 0.717) is 25.4 Å². The van der Waals surface area contributed by atoms with E-state index in [0.717, 1.165) is 24.2 Å². The minimum atomic E-state index is -0.697. The largest absolute Gasteiger partial charge is 0.372 e. The summed E-state index contributed by atoms with van der Waals surface area (Å²) in [6.07, 6.45) is 10.5. The molecule has 8 heteroatoms. The van der Waals surface area contributed by atoms with Gasteiger partial charge in [0.1, 0.15) is 6.23 Å². The molecule has 1 amide bonds. The first-order valence-corrected chi connectivity index (χ1v) is 10.9. The second-order valence-electron chi connectivity index (χ2n) is 8.30. The highest BCUT2D eigenvalue weighted by molar-refractivity contribution is 7.09. The average molecular weight is 398 g/mol. The maximum Gasteiger partial charge on any atom is 0.257 e. The average Bonchev–Trinajstić information content (AvgIpc) is 3.17. The van der Waals surface area contributed by atoms with E-state index >= 15 is 0 Å². The third kappa shape index (κ3) is 2.69. The number of carbonyl (C=O) groups excluding carboxylic acids is 1. The molecule has 0 N–H and O–H groups in total. The first-order chi connectivity index (χ1) is 13.7. The van der Waals surface area contributed by atoms with E-state index in [9.17, 15) is 4.79 Å². The molecule has 1 unspecified atom stereocenters. The molecule has 4 aliphatic rings. The second kappa shape index (κ2) is 6.30. The zero-order valence-electron chi connectivity index (χ0n) is 15.5. The van der Waals surface area contributed by atoms with Crippen LogP contribution in [-0.4, -0.2) is 43.7 Å². The van der Waals surface area contributed by atoms with Crippen LogP contribution < -0.4 is 0 Å². The summed E-state index contributed by atoms with van der Waals surface area (Å²) in [5, 5.41) is 3.34. The van der Waals surface area contributed by atoms with Crippen molar-refractivity contribution < 1.29 is 14.3 Å². The third-order valence-electron chi connectivity index (χ3n) is 6.32. The van der Waals surface area contributed by atoms with Crippen LogP contribution in [0.4, 0.5) is 0 Å². The molecule has 2 aliphatic carbocycles. The van der Waals surface area contributed by atoms with Gasteiger partial charge in [-0.2, -0.15) is 0 Å². The van der Waals surface area contributed by atoms with Crippen LogP contribution in [0.5, 0.6) is 0 Å². The first kappa shape index (κ1) is 17.0. The molecule has 4 heterocycles. The molecule has 2 saturated carbocycles. The Bertz CT molecular complexity index is 894. The molecule has 2 saturated heterocycles. The van der Waals surface area contributed by atoms with E-state index in [1.165, 1.54) is 17.8 Å². The van der Waals surface area contributed by atoms with Crippen LogP contribution in [0, 0.1) is 0 Å². The van der Waals surface area contributed by atoms with Crippen molar-refractivity contribution in [1.29, 1.82) is 0 Å². The van der Waals surface area contributed by atoms with Crippen LogP contribution in [0.25, 0.3) is 0 Å². The first-order valence-electron chi connectivity index (χ1n) is 10.0. The smallest absolute Gasteiger partial charge is 0.257 e. The van der Waals surface area contributed by atoms with Crippen molar-refractivity contribution in [2.24, 2.45) is 0 Å². The van der Waals surface area contributed by atoms with Crippen molar-refractivity contribution in [2.75, 3.05) is 0 Å². The predicted molar refractivity (Wildman–Crippen MR) is 100 cm³/mol. The molecule has 2 aromatic rings. The molecule has 4 fully saturated rings. The van der Waals surface area contributed by atoms with Gasteiger partial charge in [-0.15, -0.1) is 11.3 Å². The molecule has 1 spiro atoms. The number of aromatic nitrogens is 3. The maximum atomic E-state index is 13.2. The standard InChI is InChI=1S/C20H22N4O3S/c25-19-20(27-17-4-3-16(24(17)19)15-9-21-5-6-22-15)7-14(8-20)26-10-13-11-28-18(23-13)12-1-2-12/h5-6,9,11-12,14,16-17H,1-4,7-8,10H2/t14?,16-,17?,20?/m0/s1. The fourth-order valence-electron chi connectivity index (χ4n) is 4.66. The van der Waals surface area contributed by atoms with Crippen molar-refractivity contribution in [3.63, 3.8) is 0 Å². The lowest BCUT2D eigenvalue weighted by atomic mass is 9.76. The zero-order valence-corrected chi connectivity index (χ0v) is 16.3. The van der Waals surface area contributed by atoms with Gasteiger partial charge in [0.2, 0.25) is 0 Å². The van der Waals surface area contributed by atoms with Crippen LogP contribution >= 0.6 is 11.3 Å². The van der Waals surface area contributed by atoms with Gasteiger partial charge in [0.15, 0.2) is 5.60 Å². The Kier molecular flexibility index (Phi) is 3.83. The number of carbonyl (C=O) groups is 1. The fraction of sp³-hybridized carbons (Fsp3) is 0.600. The van der Waals surface area contributed by atoms with Crippen LogP contribution in [0.3, 0.4) is 0 Å². The number of hydrogen-bond donors (Lipinski definition) is 0. The van der Waals surface area contributed by atoms with Gasteiger partial charge in [0.25, 0.3) is 5.91 Å². The molecule has 2 atom stereocenters. The van der Waals surface area contributed by atoms with Gasteiger partial charge in [-0.05, 0) is 25.7 Å². The molecule has 2 aliphatic heterocycles. The van der Waals surface area contributed by atoms with Crippen LogP contribution in [0.15, 0.2) is 24.0 Å². The highest BCUT2D eigenvalue weighted by Gasteiger charge is 2.63. The Morgan fingerprint density at radius 3 is 2.93 bits per heavy atom. The molecule has 0 aromatic carbocycles. The minimum Gasteiger partial charge on any atom is -0.372 e. The molecule has 6 rings (SSSR count). The highest BCUT2D eigenvalue weighted by Crippen LogP contribution is 2.51. The summed E-state index contributed by atoms with van der Waals surface area (Å²) >= 11 is 1.74. The molecule has 28 heavy (non-hydrogen) atoms. The summed E-state index contributed by atoms with van der Waals surface area (Å²) in [5.41, 5.74) is 1.16. The van der Waals surface area contributed by atoms with Crippen molar-refractivity contribution in [1.82, 2.24) is 19.9 Å². The van der Waals surface area contributed by atoms with Gasteiger partial charge in [-0.25, -0.2) is 4.98 Å². The number of thiazole rings is 1. The summed E-state index contributed by atoms with van der Waals surface area (Å²) in [7, 11) is 0.